The average Bonchev–Trinajstić information content (AvgIpc) is 2.65. The third-order valence-electron chi connectivity index (χ3n) is 2.48. The van der Waals surface area contributed by atoms with Crippen LogP contribution in [0.2, 0.25) is 0 Å². The van der Waals surface area contributed by atoms with Gasteiger partial charge in [0.2, 0.25) is 0 Å². The Hall–Kier alpha value is -1.49. The van der Waals surface area contributed by atoms with Gasteiger partial charge in [0.05, 0.1) is 0 Å². The van der Waals surface area contributed by atoms with Crippen LogP contribution in [0.25, 0.3) is 0 Å². The smallest absolute Gasteiger partial charge is 0.318 e. The molecule has 5 nitrogen and oxygen atoms in total. The van der Waals surface area contributed by atoms with Crippen LogP contribution in [0.3, 0.4) is 0 Å². The van der Waals surface area contributed by atoms with Gasteiger partial charge in [0.15, 0.2) is 5.84 Å². The van der Waals surface area contributed by atoms with Crippen LogP contribution in [0.5, 0.6) is 0 Å². The van der Waals surface area contributed by atoms with Gasteiger partial charge in [-0.1, -0.05) is 13.8 Å². The Morgan fingerprint density at radius 1 is 1.47 bits per heavy atom. The minimum atomic E-state index is -0.187. The van der Waals surface area contributed by atoms with Crippen molar-refractivity contribution < 1.29 is 4.79 Å². The lowest BCUT2D eigenvalue weighted by molar-refractivity contribution is 0.213. The number of rotatable bonds is 3. The molecule has 0 aromatic carbocycles. The van der Waals surface area contributed by atoms with Crippen molar-refractivity contribution in [2.24, 2.45) is 9.98 Å². The molecule has 0 saturated carbocycles. The topological polar surface area (TPSA) is 57.1 Å². The van der Waals surface area contributed by atoms with Crippen LogP contribution >= 0.6 is 0 Å². The van der Waals surface area contributed by atoms with Crippen molar-refractivity contribution in [2.75, 3.05) is 20.1 Å². The van der Waals surface area contributed by atoms with E-state index in [1.54, 1.807) is 11.1 Å². The maximum absolute atomic E-state index is 11.6. The molecule has 2 rings (SSSR count). The second-order valence-corrected chi connectivity index (χ2v) is 3.66. The molecule has 5 heteroatoms. The standard InChI is InChI=1S/C10H14N4O.C2H6/c1-7-5-8-9(12-6-7)13-10(15)14(8)4-3-11-2;1-2/h5-6,8,11H,3-4H2,1-2H3;1-2H3. The van der Waals surface area contributed by atoms with E-state index < -0.39 is 0 Å². The Labute approximate surface area is 102 Å². The number of hydrogen-bond acceptors (Lipinski definition) is 3. The summed E-state index contributed by atoms with van der Waals surface area (Å²) < 4.78 is 0. The van der Waals surface area contributed by atoms with Gasteiger partial charge in [0, 0.05) is 19.3 Å². The zero-order chi connectivity index (χ0) is 12.8. The molecule has 0 saturated heterocycles. The number of fused-ring (bicyclic) bond motifs is 1. The summed E-state index contributed by atoms with van der Waals surface area (Å²) in [5.41, 5.74) is 1.07. The number of allylic oxidation sites excluding steroid dienone is 1. The predicted molar refractivity (Wildman–Crippen MR) is 70.8 cm³/mol. The van der Waals surface area contributed by atoms with E-state index in [0.29, 0.717) is 12.4 Å². The van der Waals surface area contributed by atoms with E-state index in [9.17, 15) is 4.79 Å². The molecule has 94 valence electrons. The largest absolute Gasteiger partial charge is 0.346 e. The van der Waals surface area contributed by atoms with Crippen LogP contribution in [0.15, 0.2) is 21.6 Å². The van der Waals surface area contributed by atoms with Gasteiger partial charge in [-0.25, -0.2) is 9.79 Å². The normalized spacial score (nSPS) is 21.5. The molecule has 0 radical (unpaired) electrons. The molecule has 2 heterocycles. The molecule has 1 atom stereocenters. The van der Waals surface area contributed by atoms with E-state index in [2.05, 4.69) is 15.3 Å². The van der Waals surface area contributed by atoms with E-state index in [4.69, 9.17) is 0 Å². The number of amidine groups is 1. The lowest BCUT2D eigenvalue weighted by Crippen LogP contribution is -2.40. The number of nitrogens with one attached hydrogen (secondary N) is 1. The molecule has 1 unspecified atom stereocenters. The van der Waals surface area contributed by atoms with Crippen LogP contribution in [-0.4, -0.2) is 49.2 Å². The molecule has 0 spiro atoms. The molecule has 0 fully saturated rings. The number of urea groups is 1. The molecule has 0 aromatic rings. The number of likely N-dealkylation sites (N-methyl/N-ethyl adjacent to an activating group) is 1. The van der Waals surface area contributed by atoms with Gasteiger partial charge in [0.1, 0.15) is 6.04 Å². The molecular formula is C12H20N4O. The highest BCUT2D eigenvalue weighted by Crippen LogP contribution is 2.18. The maximum Gasteiger partial charge on any atom is 0.346 e. The molecule has 0 aromatic heterocycles. The highest BCUT2D eigenvalue weighted by Gasteiger charge is 2.33. The van der Waals surface area contributed by atoms with Crippen LogP contribution in [-0.2, 0) is 0 Å². The first-order valence-electron chi connectivity index (χ1n) is 5.98. The fraction of sp³-hybridized carbons (Fsp3) is 0.583. The minimum Gasteiger partial charge on any atom is -0.318 e. The highest BCUT2D eigenvalue weighted by molar-refractivity contribution is 6.10. The second kappa shape index (κ2) is 6.30. The highest BCUT2D eigenvalue weighted by atomic mass is 16.2. The molecule has 0 aliphatic carbocycles. The van der Waals surface area contributed by atoms with E-state index in [0.717, 1.165) is 12.1 Å². The molecule has 1 N–H and O–H groups in total. The first-order valence-corrected chi connectivity index (χ1v) is 5.98. The van der Waals surface area contributed by atoms with Gasteiger partial charge in [-0.05, 0) is 25.6 Å². The van der Waals surface area contributed by atoms with Crippen molar-refractivity contribution in [2.45, 2.75) is 26.8 Å². The molecule has 2 aliphatic heterocycles. The minimum absolute atomic E-state index is 0.0594. The fourth-order valence-corrected chi connectivity index (χ4v) is 1.68. The number of nitrogens with zero attached hydrogens (tertiary/aromatic N) is 3. The average molecular weight is 236 g/mol. The number of carbonyl (C=O) groups excluding carboxylic acids is 1. The monoisotopic (exact) mass is 236 g/mol. The quantitative estimate of drug-likeness (QED) is 0.806. The summed E-state index contributed by atoms with van der Waals surface area (Å²) in [4.78, 5) is 21.4. The van der Waals surface area contributed by atoms with Crippen molar-refractivity contribution in [3.8, 4) is 0 Å². The van der Waals surface area contributed by atoms with Gasteiger partial charge in [-0.2, -0.15) is 4.99 Å². The summed E-state index contributed by atoms with van der Waals surface area (Å²) in [6, 6.07) is -0.246. The number of hydrogen-bond donors (Lipinski definition) is 1. The molecule has 0 bridgehead atoms. The maximum atomic E-state index is 11.6. The van der Waals surface area contributed by atoms with E-state index in [1.807, 2.05) is 33.9 Å². The molecule has 2 amide bonds. The number of carbonyl (C=O) groups is 1. The number of aliphatic imine (C=N–C) groups is 2. The Kier molecular flexibility index (Phi) is 5.03. The summed E-state index contributed by atoms with van der Waals surface area (Å²) in [6.45, 7) is 7.40. The summed E-state index contributed by atoms with van der Waals surface area (Å²) in [5, 5.41) is 3.02. The van der Waals surface area contributed by atoms with Crippen molar-refractivity contribution in [3.63, 3.8) is 0 Å². The molecule has 2 aliphatic rings. The van der Waals surface area contributed by atoms with Crippen LogP contribution in [0.1, 0.15) is 20.8 Å². The van der Waals surface area contributed by atoms with Crippen molar-refractivity contribution in [3.05, 3.63) is 11.6 Å². The summed E-state index contributed by atoms with van der Waals surface area (Å²) in [7, 11) is 1.86. The SMILES string of the molecule is CC.CNCCN1C(=O)N=C2N=CC(C)=CC21. The van der Waals surface area contributed by atoms with Crippen LogP contribution in [0, 0.1) is 0 Å². The van der Waals surface area contributed by atoms with Crippen LogP contribution in [0.4, 0.5) is 4.79 Å². The lowest BCUT2D eigenvalue weighted by atomic mass is 10.1. The van der Waals surface area contributed by atoms with Crippen molar-refractivity contribution >= 4 is 18.1 Å². The lowest BCUT2D eigenvalue weighted by Gasteiger charge is -2.23. The number of amides is 2. The third-order valence-corrected chi connectivity index (χ3v) is 2.48. The fourth-order valence-electron chi connectivity index (χ4n) is 1.68. The zero-order valence-electron chi connectivity index (χ0n) is 10.9. The third kappa shape index (κ3) is 3.00. The Morgan fingerprint density at radius 2 is 2.18 bits per heavy atom. The number of dihydropyridines is 1. The Bertz CT molecular complexity index is 371. The van der Waals surface area contributed by atoms with Crippen molar-refractivity contribution in [1.82, 2.24) is 10.2 Å². The van der Waals surface area contributed by atoms with E-state index in [-0.39, 0.29) is 12.1 Å². The molecular weight excluding hydrogens is 216 g/mol. The van der Waals surface area contributed by atoms with Gasteiger partial charge < -0.3 is 10.2 Å². The predicted octanol–water partition coefficient (Wildman–Crippen LogP) is 1.47. The zero-order valence-corrected chi connectivity index (χ0v) is 10.9. The molecule has 17 heavy (non-hydrogen) atoms. The summed E-state index contributed by atoms with van der Waals surface area (Å²) in [6.07, 6.45) is 3.76. The first-order chi connectivity index (χ1) is 8.22. The summed E-state index contributed by atoms with van der Waals surface area (Å²) >= 11 is 0. The van der Waals surface area contributed by atoms with E-state index in [1.165, 1.54) is 0 Å². The summed E-state index contributed by atoms with van der Waals surface area (Å²) in [5.74, 6) is 0.613. The van der Waals surface area contributed by atoms with Gasteiger partial charge >= 0.3 is 6.03 Å². The van der Waals surface area contributed by atoms with Crippen molar-refractivity contribution in [1.29, 1.82) is 0 Å². The van der Waals surface area contributed by atoms with E-state index >= 15 is 0 Å². The van der Waals surface area contributed by atoms with Gasteiger partial charge in [0.25, 0.3) is 0 Å². The van der Waals surface area contributed by atoms with Gasteiger partial charge in [-0.3, -0.25) is 0 Å². The first kappa shape index (κ1) is 13.6. The Morgan fingerprint density at radius 3 is 2.82 bits per heavy atom. The van der Waals surface area contributed by atoms with Gasteiger partial charge in [-0.15, -0.1) is 0 Å². The second-order valence-electron chi connectivity index (χ2n) is 3.66. The Balaban J connectivity index is 0.000000686. The van der Waals surface area contributed by atoms with Crippen LogP contribution < -0.4 is 5.32 Å².